The molecule has 1 aromatic carbocycles. The van der Waals surface area contributed by atoms with Crippen LogP contribution < -0.4 is 11.1 Å². The molecular formula is C15H23ClN2OS. The topological polar surface area (TPSA) is 55.1 Å². The standard InChI is InChI=1S/C15H23ClN2OS/c1-2-3-4-14(9-17)18-15(19)11-20-10-12-5-7-13(16)8-6-12/h5-8,14H,2-4,9-11,17H2,1H3,(H,18,19). The van der Waals surface area contributed by atoms with Crippen LogP contribution in [0, 0.1) is 0 Å². The number of halogens is 1. The second kappa shape index (κ2) is 10.1. The molecular weight excluding hydrogens is 292 g/mol. The lowest BCUT2D eigenvalue weighted by atomic mass is 10.1. The number of carbonyl (C=O) groups is 1. The van der Waals surface area contributed by atoms with Crippen molar-refractivity contribution in [1.82, 2.24) is 5.32 Å². The lowest BCUT2D eigenvalue weighted by Crippen LogP contribution is -2.41. The van der Waals surface area contributed by atoms with E-state index in [1.54, 1.807) is 11.8 Å². The first-order valence-corrected chi connectivity index (χ1v) is 8.50. The molecule has 1 aromatic rings. The van der Waals surface area contributed by atoms with Crippen LogP contribution >= 0.6 is 23.4 Å². The van der Waals surface area contributed by atoms with Crippen LogP contribution in [0.25, 0.3) is 0 Å². The fourth-order valence-corrected chi connectivity index (χ4v) is 2.74. The number of nitrogens with two attached hydrogens (primary N) is 1. The maximum atomic E-state index is 11.8. The quantitative estimate of drug-likeness (QED) is 0.736. The Morgan fingerprint density at radius 1 is 1.40 bits per heavy atom. The molecule has 0 aliphatic carbocycles. The van der Waals surface area contributed by atoms with Gasteiger partial charge in [-0.15, -0.1) is 11.8 Å². The van der Waals surface area contributed by atoms with Crippen molar-refractivity contribution in [3.63, 3.8) is 0 Å². The van der Waals surface area contributed by atoms with Crippen molar-refractivity contribution < 1.29 is 4.79 Å². The van der Waals surface area contributed by atoms with Gasteiger partial charge in [-0.05, 0) is 24.1 Å². The van der Waals surface area contributed by atoms with Crippen LogP contribution in [-0.4, -0.2) is 24.2 Å². The second-order valence-electron chi connectivity index (χ2n) is 4.76. The summed E-state index contributed by atoms with van der Waals surface area (Å²) in [7, 11) is 0. The largest absolute Gasteiger partial charge is 0.351 e. The molecule has 3 N–H and O–H groups in total. The van der Waals surface area contributed by atoms with Gasteiger partial charge in [0, 0.05) is 23.4 Å². The summed E-state index contributed by atoms with van der Waals surface area (Å²) in [5.74, 6) is 1.34. The van der Waals surface area contributed by atoms with Gasteiger partial charge in [0.05, 0.1) is 5.75 Å². The molecule has 3 nitrogen and oxygen atoms in total. The van der Waals surface area contributed by atoms with Crippen LogP contribution in [0.1, 0.15) is 31.7 Å². The molecule has 0 aliphatic rings. The second-order valence-corrected chi connectivity index (χ2v) is 6.18. The van der Waals surface area contributed by atoms with E-state index >= 15 is 0 Å². The highest BCUT2D eigenvalue weighted by molar-refractivity contribution is 7.99. The summed E-state index contributed by atoms with van der Waals surface area (Å²) in [5, 5.41) is 3.73. The minimum absolute atomic E-state index is 0.0653. The van der Waals surface area contributed by atoms with Crippen LogP contribution in [0.15, 0.2) is 24.3 Å². The van der Waals surface area contributed by atoms with Crippen LogP contribution in [0.4, 0.5) is 0 Å². The highest BCUT2D eigenvalue weighted by Gasteiger charge is 2.10. The number of hydrogen-bond donors (Lipinski definition) is 2. The fourth-order valence-electron chi connectivity index (χ4n) is 1.81. The smallest absolute Gasteiger partial charge is 0.230 e. The van der Waals surface area contributed by atoms with Gasteiger partial charge >= 0.3 is 0 Å². The Morgan fingerprint density at radius 3 is 2.70 bits per heavy atom. The maximum Gasteiger partial charge on any atom is 0.230 e. The van der Waals surface area contributed by atoms with E-state index in [-0.39, 0.29) is 11.9 Å². The number of hydrogen-bond acceptors (Lipinski definition) is 3. The summed E-state index contributed by atoms with van der Waals surface area (Å²) in [4.78, 5) is 11.8. The third-order valence-corrected chi connectivity index (χ3v) is 4.23. The number of rotatable bonds is 9. The van der Waals surface area contributed by atoms with Crippen molar-refractivity contribution in [3.05, 3.63) is 34.9 Å². The molecule has 0 aromatic heterocycles. The van der Waals surface area contributed by atoms with Crippen molar-refractivity contribution in [2.45, 2.75) is 38.0 Å². The summed E-state index contributed by atoms with van der Waals surface area (Å²) in [6.07, 6.45) is 3.18. The van der Waals surface area contributed by atoms with Gasteiger partial charge in [-0.3, -0.25) is 4.79 Å². The SMILES string of the molecule is CCCCC(CN)NC(=O)CSCc1ccc(Cl)cc1. The molecule has 20 heavy (non-hydrogen) atoms. The number of benzene rings is 1. The molecule has 1 amide bonds. The first kappa shape index (κ1) is 17.3. The van der Waals surface area contributed by atoms with Gasteiger partial charge in [0.25, 0.3) is 0 Å². The lowest BCUT2D eigenvalue weighted by Gasteiger charge is -2.16. The summed E-state index contributed by atoms with van der Waals surface area (Å²) in [5.41, 5.74) is 6.84. The normalized spacial score (nSPS) is 12.2. The highest BCUT2D eigenvalue weighted by atomic mass is 35.5. The predicted molar refractivity (Wildman–Crippen MR) is 88.1 cm³/mol. The van der Waals surface area contributed by atoms with E-state index in [1.807, 2.05) is 24.3 Å². The van der Waals surface area contributed by atoms with Crippen LogP contribution in [-0.2, 0) is 10.5 Å². The molecule has 112 valence electrons. The molecule has 0 aliphatic heterocycles. The van der Waals surface area contributed by atoms with Gasteiger partial charge in [0.2, 0.25) is 5.91 Å². The van der Waals surface area contributed by atoms with Crippen LogP contribution in [0.5, 0.6) is 0 Å². The van der Waals surface area contributed by atoms with Crippen molar-refractivity contribution >= 4 is 29.3 Å². The fraction of sp³-hybridized carbons (Fsp3) is 0.533. The van der Waals surface area contributed by atoms with Gasteiger partial charge in [-0.2, -0.15) is 0 Å². The minimum Gasteiger partial charge on any atom is -0.351 e. The number of carbonyl (C=O) groups excluding carboxylic acids is 1. The number of thioether (sulfide) groups is 1. The Balaban J connectivity index is 2.23. The zero-order chi connectivity index (χ0) is 14.8. The van der Waals surface area contributed by atoms with E-state index < -0.39 is 0 Å². The molecule has 0 radical (unpaired) electrons. The minimum atomic E-state index is 0.0653. The molecule has 1 atom stereocenters. The van der Waals surface area contributed by atoms with Crippen molar-refractivity contribution in [1.29, 1.82) is 0 Å². The summed E-state index contributed by atoms with van der Waals surface area (Å²) < 4.78 is 0. The third-order valence-electron chi connectivity index (χ3n) is 2.97. The number of nitrogens with one attached hydrogen (secondary N) is 1. The molecule has 0 saturated heterocycles. The number of amides is 1. The number of unbranched alkanes of at least 4 members (excludes halogenated alkanes) is 1. The van der Waals surface area contributed by atoms with Crippen molar-refractivity contribution in [2.24, 2.45) is 5.73 Å². The van der Waals surface area contributed by atoms with E-state index in [9.17, 15) is 4.79 Å². The molecule has 0 bridgehead atoms. The molecule has 0 spiro atoms. The predicted octanol–water partition coefficient (Wildman–Crippen LogP) is 3.21. The summed E-state index contributed by atoms with van der Waals surface area (Å²) >= 11 is 7.43. The molecule has 1 rings (SSSR count). The lowest BCUT2D eigenvalue weighted by molar-refractivity contribution is -0.119. The first-order valence-electron chi connectivity index (χ1n) is 6.97. The molecule has 5 heteroatoms. The molecule has 0 saturated carbocycles. The van der Waals surface area contributed by atoms with Gasteiger partial charge in [0.1, 0.15) is 0 Å². The summed E-state index contributed by atoms with van der Waals surface area (Å²) in [6.45, 7) is 2.64. The van der Waals surface area contributed by atoms with E-state index in [4.69, 9.17) is 17.3 Å². The Labute approximate surface area is 130 Å². The van der Waals surface area contributed by atoms with Crippen LogP contribution in [0.3, 0.4) is 0 Å². The Hall–Kier alpha value is -0.710. The summed E-state index contributed by atoms with van der Waals surface area (Å²) in [6, 6.07) is 7.81. The van der Waals surface area contributed by atoms with Gasteiger partial charge in [-0.25, -0.2) is 0 Å². The van der Waals surface area contributed by atoms with Gasteiger partial charge < -0.3 is 11.1 Å². The van der Waals surface area contributed by atoms with E-state index in [1.165, 1.54) is 5.56 Å². The Kier molecular flexibility index (Phi) is 8.74. The van der Waals surface area contributed by atoms with Crippen LogP contribution in [0.2, 0.25) is 5.02 Å². The van der Waals surface area contributed by atoms with E-state index in [0.29, 0.717) is 12.3 Å². The third kappa shape index (κ3) is 7.17. The average molecular weight is 315 g/mol. The van der Waals surface area contributed by atoms with Crippen molar-refractivity contribution in [2.75, 3.05) is 12.3 Å². The highest BCUT2D eigenvalue weighted by Crippen LogP contribution is 2.15. The monoisotopic (exact) mass is 314 g/mol. The Morgan fingerprint density at radius 2 is 2.10 bits per heavy atom. The molecule has 1 unspecified atom stereocenters. The van der Waals surface area contributed by atoms with Gasteiger partial charge in [-0.1, -0.05) is 43.5 Å². The van der Waals surface area contributed by atoms with E-state index in [2.05, 4.69) is 12.2 Å². The van der Waals surface area contributed by atoms with E-state index in [0.717, 1.165) is 30.0 Å². The maximum absolute atomic E-state index is 11.8. The molecule has 0 fully saturated rings. The zero-order valence-corrected chi connectivity index (χ0v) is 13.5. The molecule has 0 heterocycles. The zero-order valence-electron chi connectivity index (χ0n) is 11.9. The average Bonchev–Trinajstić information content (AvgIpc) is 2.45. The van der Waals surface area contributed by atoms with Gasteiger partial charge in [0.15, 0.2) is 0 Å². The Bertz CT molecular complexity index is 397. The first-order chi connectivity index (χ1) is 9.65. The van der Waals surface area contributed by atoms with Crippen molar-refractivity contribution in [3.8, 4) is 0 Å².